The third kappa shape index (κ3) is 6.02. The van der Waals surface area contributed by atoms with E-state index in [4.69, 9.17) is 38.4 Å². The van der Waals surface area contributed by atoms with E-state index in [1.165, 1.54) is 13.2 Å². The lowest BCUT2D eigenvalue weighted by Crippen LogP contribution is -2.48. The smallest absolute Gasteiger partial charge is 0.255 e. The monoisotopic (exact) mass is 464 g/mol. The molecule has 0 atom stereocenters. The van der Waals surface area contributed by atoms with Gasteiger partial charge in [-0.05, 0) is 29.8 Å². The Kier molecular flexibility index (Phi) is 7.59. The highest BCUT2D eigenvalue weighted by atomic mass is 35.5. The average Bonchev–Trinajstić information content (AvgIpc) is 2.76. The zero-order valence-electron chi connectivity index (χ0n) is 16.9. The zero-order chi connectivity index (χ0) is 22.4. The molecule has 8 nitrogen and oxygen atoms in total. The van der Waals surface area contributed by atoms with Crippen molar-refractivity contribution in [2.75, 3.05) is 44.8 Å². The number of anilines is 1. The Balaban J connectivity index is 1.58. The quantitative estimate of drug-likeness (QED) is 0.632. The summed E-state index contributed by atoms with van der Waals surface area (Å²) in [5, 5.41) is 0.973. The molecule has 1 aliphatic rings. The highest BCUT2D eigenvalue weighted by Gasteiger charge is 2.22. The molecule has 10 heteroatoms. The normalized spacial score (nSPS) is 14.0. The van der Waals surface area contributed by atoms with Crippen LogP contribution in [0, 0.1) is 0 Å². The number of benzene rings is 1. The number of piperazine rings is 1. The zero-order valence-corrected chi connectivity index (χ0v) is 18.4. The fourth-order valence-electron chi connectivity index (χ4n) is 3.11. The number of carbonyl (C=O) groups is 2. The summed E-state index contributed by atoms with van der Waals surface area (Å²) in [5.74, 6) is 0.834. The number of primary amides is 1. The predicted octanol–water partition coefficient (Wildman–Crippen LogP) is 2.62. The molecule has 2 N–H and O–H groups in total. The second-order valence-electron chi connectivity index (χ2n) is 6.77. The van der Waals surface area contributed by atoms with Crippen LogP contribution in [0.4, 0.5) is 5.82 Å². The van der Waals surface area contributed by atoms with Gasteiger partial charge in [0.2, 0.25) is 5.91 Å². The number of nitrogens with two attached hydrogens (primary N) is 1. The van der Waals surface area contributed by atoms with E-state index in [9.17, 15) is 9.59 Å². The van der Waals surface area contributed by atoms with Gasteiger partial charge in [-0.25, -0.2) is 4.98 Å². The molecule has 0 radical (unpaired) electrons. The van der Waals surface area contributed by atoms with Gasteiger partial charge in [0, 0.05) is 38.5 Å². The molecule has 2 aromatic rings. The number of methoxy groups -OCH3 is 1. The third-order valence-corrected chi connectivity index (χ3v) is 5.14. The molecule has 2 amide bonds. The summed E-state index contributed by atoms with van der Waals surface area (Å²) in [7, 11) is 1.49. The van der Waals surface area contributed by atoms with Gasteiger partial charge in [0.15, 0.2) is 18.1 Å². The van der Waals surface area contributed by atoms with Crippen molar-refractivity contribution < 1.29 is 19.1 Å². The minimum Gasteiger partial charge on any atom is -0.493 e. The van der Waals surface area contributed by atoms with Crippen LogP contribution in [0.3, 0.4) is 0 Å². The van der Waals surface area contributed by atoms with E-state index in [0.29, 0.717) is 53.5 Å². The number of carbonyl (C=O) groups excluding carboxylic acids is 2. The van der Waals surface area contributed by atoms with Crippen molar-refractivity contribution in [3.63, 3.8) is 0 Å². The first-order valence-electron chi connectivity index (χ1n) is 9.49. The maximum absolute atomic E-state index is 12.6. The average molecular weight is 465 g/mol. The molecule has 1 aromatic heterocycles. The number of aromatic nitrogens is 1. The summed E-state index contributed by atoms with van der Waals surface area (Å²) in [5.41, 5.74) is 5.85. The lowest BCUT2D eigenvalue weighted by atomic mass is 10.2. The molecule has 1 fully saturated rings. The molecule has 0 spiro atoms. The minimum absolute atomic E-state index is 0.0946. The summed E-state index contributed by atoms with van der Waals surface area (Å²) in [6.45, 7) is 2.09. The minimum atomic E-state index is -0.578. The maximum Gasteiger partial charge on any atom is 0.255 e. The van der Waals surface area contributed by atoms with Gasteiger partial charge in [-0.3, -0.25) is 9.59 Å². The lowest BCUT2D eigenvalue weighted by Gasteiger charge is -2.35. The number of halogens is 2. The number of nitrogens with zero attached hydrogens (tertiary/aromatic N) is 3. The van der Waals surface area contributed by atoms with Crippen LogP contribution < -0.4 is 20.1 Å². The Morgan fingerprint density at radius 2 is 1.90 bits per heavy atom. The van der Waals surface area contributed by atoms with E-state index in [1.807, 2.05) is 4.90 Å². The molecule has 31 heavy (non-hydrogen) atoms. The van der Waals surface area contributed by atoms with E-state index in [-0.39, 0.29) is 12.5 Å². The van der Waals surface area contributed by atoms with Crippen LogP contribution in [-0.2, 0) is 9.59 Å². The Bertz CT molecular complexity index is 991. The Hall–Kier alpha value is -2.97. The van der Waals surface area contributed by atoms with E-state index in [0.717, 1.165) is 5.56 Å². The van der Waals surface area contributed by atoms with E-state index in [2.05, 4.69) is 4.98 Å². The molecular weight excluding hydrogens is 443 g/mol. The summed E-state index contributed by atoms with van der Waals surface area (Å²) >= 11 is 12.1. The van der Waals surface area contributed by atoms with Gasteiger partial charge in [0.05, 0.1) is 17.2 Å². The van der Waals surface area contributed by atoms with Gasteiger partial charge in [0.25, 0.3) is 5.91 Å². The number of rotatable bonds is 7. The van der Waals surface area contributed by atoms with Crippen molar-refractivity contribution in [1.29, 1.82) is 0 Å². The van der Waals surface area contributed by atoms with E-state index >= 15 is 0 Å². The highest BCUT2D eigenvalue weighted by Crippen LogP contribution is 2.29. The van der Waals surface area contributed by atoms with E-state index < -0.39 is 5.91 Å². The molecule has 0 bridgehead atoms. The molecule has 1 aliphatic heterocycles. The fraction of sp³-hybridized carbons (Fsp3) is 0.286. The standard InChI is InChI=1S/C21H22Cl2N4O4/c1-30-18-10-14(2-4-17(18)31-13-19(24)28)3-5-20(29)26-6-8-27(9-7-26)21-16(23)11-15(22)12-25-21/h2-5,10-12H,6-9,13H2,1H3,(H2,24,28). The van der Waals surface area contributed by atoms with Gasteiger partial charge in [-0.15, -0.1) is 0 Å². The van der Waals surface area contributed by atoms with Crippen molar-refractivity contribution in [2.24, 2.45) is 5.73 Å². The maximum atomic E-state index is 12.6. The summed E-state index contributed by atoms with van der Waals surface area (Å²) in [6.07, 6.45) is 4.77. The van der Waals surface area contributed by atoms with Gasteiger partial charge in [-0.1, -0.05) is 29.3 Å². The summed E-state index contributed by atoms with van der Waals surface area (Å²) in [6, 6.07) is 6.79. The highest BCUT2D eigenvalue weighted by molar-refractivity contribution is 6.36. The number of hydrogen-bond donors (Lipinski definition) is 1. The Morgan fingerprint density at radius 1 is 1.16 bits per heavy atom. The van der Waals surface area contributed by atoms with Gasteiger partial charge >= 0.3 is 0 Å². The Labute approximate surface area is 190 Å². The number of pyridine rings is 1. The molecule has 164 valence electrons. The van der Waals surface area contributed by atoms with Crippen LogP contribution in [0.5, 0.6) is 11.5 Å². The van der Waals surface area contributed by atoms with Crippen LogP contribution in [0.15, 0.2) is 36.5 Å². The van der Waals surface area contributed by atoms with Crippen LogP contribution >= 0.6 is 23.2 Å². The molecule has 0 aliphatic carbocycles. The molecule has 2 heterocycles. The third-order valence-electron chi connectivity index (χ3n) is 4.66. The van der Waals surface area contributed by atoms with Gasteiger partial charge in [-0.2, -0.15) is 0 Å². The van der Waals surface area contributed by atoms with Crippen LogP contribution in [0.1, 0.15) is 5.56 Å². The second kappa shape index (κ2) is 10.4. The van der Waals surface area contributed by atoms with Crippen molar-refractivity contribution in [2.45, 2.75) is 0 Å². The van der Waals surface area contributed by atoms with E-state index in [1.54, 1.807) is 41.4 Å². The molecule has 1 saturated heterocycles. The summed E-state index contributed by atoms with van der Waals surface area (Å²) < 4.78 is 10.6. The van der Waals surface area contributed by atoms with Crippen molar-refractivity contribution >= 4 is 46.9 Å². The topological polar surface area (TPSA) is 98.0 Å². The molecule has 1 aromatic carbocycles. The SMILES string of the molecule is COc1cc(C=CC(=O)N2CCN(c3ncc(Cl)cc3Cl)CC2)ccc1OCC(N)=O. The number of hydrogen-bond acceptors (Lipinski definition) is 6. The second-order valence-corrected chi connectivity index (χ2v) is 7.61. The molecule has 0 unspecified atom stereocenters. The predicted molar refractivity (Wildman–Crippen MR) is 120 cm³/mol. The summed E-state index contributed by atoms with van der Waals surface area (Å²) in [4.78, 5) is 31.5. The molecular formula is C21H22Cl2N4O4. The van der Waals surface area contributed by atoms with Gasteiger partial charge in [0.1, 0.15) is 5.82 Å². The number of amides is 2. The lowest BCUT2D eigenvalue weighted by molar-refractivity contribution is -0.126. The first-order valence-corrected chi connectivity index (χ1v) is 10.2. The first kappa shape index (κ1) is 22.7. The van der Waals surface area contributed by atoms with Crippen molar-refractivity contribution in [3.8, 4) is 11.5 Å². The first-order chi connectivity index (χ1) is 14.9. The van der Waals surface area contributed by atoms with Crippen LogP contribution in [-0.4, -0.2) is 61.6 Å². The molecule has 0 saturated carbocycles. The fourth-order valence-corrected chi connectivity index (χ4v) is 3.61. The van der Waals surface area contributed by atoms with Crippen LogP contribution in [0.25, 0.3) is 6.08 Å². The van der Waals surface area contributed by atoms with Crippen molar-refractivity contribution in [1.82, 2.24) is 9.88 Å². The largest absolute Gasteiger partial charge is 0.493 e. The Morgan fingerprint density at radius 3 is 2.55 bits per heavy atom. The molecule has 3 rings (SSSR count). The van der Waals surface area contributed by atoms with Gasteiger partial charge < -0.3 is 25.0 Å². The number of ether oxygens (including phenoxy) is 2. The van der Waals surface area contributed by atoms with Crippen LogP contribution in [0.2, 0.25) is 10.0 Å². The van der Waals surface area contributed by atoms with Crippen molar-refractivity contribution in [3.05, 3.63) is 52.1 Å².